The van der Waals surface area contributed by atoms with Crippen LogP contribution < -0.4 is 15.0 Å². The van der Waals surface area contributed by atoms with Crippen molar-refractivity contribution in [3.05, 3.63) is 63.4 Å². The number of nitrogens with zero attached hydrogens (tertiary/aromatic N) is 1. The molecule has 3 aromatic rings. The van der Waals surface area contributed by atoms with Crippen LogP contribution in [0.3, 0.4) is 0 Å². The zero-order valence-electron chi connectivity index (χ0n) is 18.9. The van der Waals surface area contributed by atoms with Crippen molar-refractivity contribution < 1.29 is 17.9 Å². The number of hydrogen-bond donors (Lipinski definition) is 1. The fourth-order valence-corrected chi connectivity index (χ4v) is 6.62. The van der Waals surface area contributed by atoms with Gasteiger partial charge in [0, 0.05) is 24.2 Å². The van der Waals surface area contributed by atoms with Gasteiger partial charge in [0.05, 0.1) is 10.4 Å². The van der Waals surface area contributed by atoms with Crippen LogP contribution in [0.2, 0.25) is 0 Å². The Labute approximate surface area is 193 Å². The molecule has 0 saturated heterocycles. The Morgan fingerprint density at radius 3 is 2.48 bits per heavy atom. The van der Waals surface area contributed by atoms with Gasteiger partial charge in [-0.05, 0) is 61.9 Å². The third-order valence-corrected chi connectivity index (χ3v) is 8.44. The molecule has 0 bridgehead atoms. The van der Waals surface area contributed by atoms with E-state index in [1.165, 1.54) is 10.4 Å². The fourth-order valence-electron chi connectivity index (χ4n) is 4.94. The lowest BCUT2D eigenvalue weighted by Crippen LogP contribution is -2.39. The van der Waals surface area contributed by atoms with E-state index in [0.717, 1.165) is 47.7 Å². The van der Waals surface area contributed by atoms with Gasteiger partial charge in [0.15, 0.2) is 11.5 Å². The highest BCUT2D eigenvalue weighted by Crippen LogP contribution is 2.36. The van der Waals surface area contributed by atoms with E-state index in [1.54, 1.807) is 12.1 Å². The van der Waals surface area contributed by atoms with E-state index in [1.807, 2.05) is 32.0 Å². The van der Waals surface area contributed by atoms with Gasteiger partial charge in [0.2, 0.25) is 10.0 Å². The van der Waals surface area contributed by atoms with Crippen molar-refractivity contribution in [3.8, 4) is 11.5 Å². The molecule has 1 N–H and O–H groups in total. The maximum absolute atomic E-state index is 13.8. The summed E-state index contributed by atoms with van der Waals surface area (Å²) < 4.78 is 40.3. The molecule has 2 aromatic carbocycles. The number of hydrogen-bond acceptors (Lipinski definition) is 5. The minimum Gasteiger partial charge on any atom is -0.486 e. The number of sulfonamides is 1. The Bertz CT molecular complexity index is 1370. The summed E-state index contributed by atoms with van der Waals surface area (Å²) in [6.07, 6.45) is 3.52. The second-order valence-electron chi connectivity index (χ2n) is 8.96. The minimum absolute atomic E-state index is 0.0275. The summed E-state index contributed by atoms with van der Waals surface area (Å²) in [5.74, 6) is 0.979. The molecule has 8 heteroatoms. The molecule has 0 amide bonds. The molecule has 7 nitrogen and oxygen atoms in total. The summed E-state index contributed by atoms with van der Waals surface area (Å²) >= 11 is 0. The Morgan fingerprint density at radius 1 is 1.00 bits per heavy atom. The highest BCUT2D eigenvalue weighted by atomic mass is 32.2. The van der Waals surface area contributed by atoms with Crippen molar-refractivity contribution in [1.29, 1.82) is 0 Å². The molecular weight excluding hydrogens is 440 g/mol. The Kier molecular flexibility index (Phi) is 5.66. The van der Waals surface area contributed by atoms with Crippen molar-refractivity contribution in [2.45, 2.75) is 57.0 Å². The number of aryl methyl sites for hydroxylation is 2. The topological polar surface area (TPSA) is 88.7 Å². The Balaban J connectivity index is 1.56. The first-order valence-electron chi connectivity index (χ1n) is 11.4. The molecule has 0 atom stereocenters. The highest BCUT2D eigenvalue weighted by Gasteiger charge is 2.34. The highest BCUT2D eigenvalue weighted by molar-refractivity contribution is 7.89. The van der Waals surface area contributed by atoms with E-state index in [0.29, 0.717) is 30.3 Å². The van der Waals surface area contributed by atoms with Gasteiger partial charge in [-0.3, -0.25) is 4.79 Å². The van der Waals surface area contributed by atoms with Gasteiger partial charge in [0.1, 0.15) is 13.2 Å². The predicted octanol–water partition coefficient (Wildman–Crippen LogP) is 4.05. The first-order chi connectivity index (χ1) is 15.8. The zero-order chi connectivity index (χ0) is 23.2. The molecule has 1 aliphatic heterocycles. The van der Waals surface area contributed by atoms with Gasteiger partial charge >= 0.3 is 0 Å². The third-order valence-electron chi connectivity index (χ3n) is 6.55. The van der Waals surface area contributed by atoms with Crippen LogP contribution in [0, 0.1) is 13.8 Å². The maximum atomic E-state index is 13.8. The molecule has 5 rings (SSSR count). The maximum Gasteiger partial charge on any atom is 0.252 e. The van der Waals surface area contributed by atoms with Gasteiger partial charge < -0.3 is 14.5 Å². The van der Waals surface area contributed by atoms with E-state index in [2.05, 4.69) is 4.98 Å². The summed E-state index contributed by atoms with van der Waals surface area (Å²) in [5, 5.41) is 0.908. The predicted molar refractivity (Wildman–Crippen MR) is 126 cm³/mol. The number of rotatable bonds is 5. The zero-order valence-corrected chi connectivity index (χ0v) is 19.7. The van der Waals surface area contributed by atoms with Crippen LogP contribution in [0.1, 0.15) is 42.4 Å². The standard InChI is InChI=1S/C25H28N2O5S/c1-16-11-17(2)24-18(12-16)13-19(25(28)26-24)15-27(20-5-3-4-6-20)33(29,30)21-7-8-22-23(14-21)32-10-9-31-22/h7-8,11-14,20H,3-6,9-10,15H2,1-2H3,(H,26,28). The number of benzene rings is 2. The van der Waals surface area contributed by atoms with Crippen molar-refractivity contribution >= 4 is 20.9 Å². The molecule has 1 aliphatic carbocycles. The molecule has 33 heavy (non-hydrogen) atoms. The number of nitrogens with one attached hydrogen (secondary N) is 1. The summed E-state index contributed by atoms with van der Waals surface area (Å²) in [5.41, 5.74) is 3.06. The number of aromatic nitrogens is 1. The lowest BCUT2D eigenvalue weighted by molar-refractivity contribution is 0.171. The smallest absolute Gasteiger partial charge is 0.252 e. The lowest BCUT2D eigenvalue weighted by atomic mass is 10.1. The minimum atomic E-state index is -3.86. The summed E-state index contributed by atoms with van der Waals surface area (Å²) in [6.45, 7) is 4.82. The molecule has 0 spiro atoms. The lowest BCUT2D eigenvalue weighted by Gasteiger charge is -2.28. The van der Waals surface area contributed by atoms with E-state index < -0.39 is 10.0 Å². The van der Waals surface area contributed by atoms with Gasteiger partial charge in [0.25, 0.3) is 5.56 Å². The normalized spacial score (nSPS) is 16.6. The second-order valence-corrected chi connectivity index (χ2v) is 10.9. The van der Waals surface area contributed by atoms with Crippen LogP contribution in [-0.4, -0.2) is 37.0 Å². The van der Waals surface area contributed by atoms with Crippen LogP contribution in [0.15, 0.2) is 46.1 Å². The van der Waals surface area contributed by atoms with Crippen molar-refractivity contribution in [3.63, 3.8) is 0 Å². The molecule has 2 heterocycles. The van der Waals surface area contributed by atoms with Crippen LogP contribution in [-0.2, 0) is 16.6 Å². The Morgan fingerprint density at radius 2 is 1.73 bits per heavy atom. The molecule has 1 aromatic heterocycles. The quantitative estimate of drug-likeness (QED) is 0.610. The van der Waals surface area contributed by atoms with Crippen LogP contribution in [0.25, 0.3) is 10.9 Å². The molecular formula is C25H28N2O5S. The summed E-state index contributed by atoms with van der Waals surface area (Å²) in [6, 6.07) is 10.5. The van der Waals surface area contributed by atoms with E-state index in [9.17, 15) is 13.2 Å². The third kappa shape index (κ3) is 4.13. The van der Waals surface area contributed by atoms with Crippen molar-refractivity contribution in [2.75, 3.05) is 13.2 Å². The fraction of sp³-hybridized carbons (Fsp3) is 0.400. The first-order valence-corrected chi connectivity index (χ1v) is 12.8. The van der Waals surface area contributed by atoms with Crippen LogP contribution in [0.5, 0.6) is 11.5 Å². The second kappa shape index (κ2) is 8.50. The molecule has 0 radical (unpaired) electrons. The summed E-state index contributed by atoms with van der Waals surface area (Å²) in [7, 11) is -3.86. The Hall–Kier alpha value is -2.84. The first kappa shape index (κ1) is 22.0. The van der Waals surface area contributed by atoms with Crippen LogP contribution >= 0.6 is 0 Å². The number of fused-ring (bicyclic) bond motifs is 2. The van der Waals surface area contributed by atoms with Crippen molar-refractivity contribution in [2.24, 2.45) is 0 Å². The van der Waals surface area contributed by atoms with E-state index in [-0.39, 0.29) is 23.0 Å². The average Bonchev–Trinajstić information content (AvgIpc) is 3.32. The number of pyridine rings is 1. The molecule has 174 valence electrons. The monoisotopic (exact) mass is 468 g/mol. The summed E-state index contributed by atoms with van der Waals surface area (Å²) in [4.78, 5) is 16.1. The number of ether oxygens (including phenoxy) is 2. The molecule has 0 unspecified atom stereocenters. The van der Waals surface area contributed by atoms with Gasteiger partial charge in [-0.25, -0.2) is 8.42 Å². The molecule has 1 saturated carbocycles. The number of H-pyrrole nitrogens is 1. The van der Waals surface area contributed by atoms with Gasteiger partial charge in [-0.15, -0.1) is 0 Å². The number of aromatic amines is 1. The molecule has 1 fully saturated rings. The van der Waals surface area contributed by atoms with E-state index in [4.69, 9.17) is 9.47 Å². The van der Waals surface area contributed by atoms with Crippen molar-refractivity contribution in [1.82, 2.24) is 9.29 Å². The SMILES string of the molecule is Cc1cc(C)c2[nH]c(=O)c(CN(C3CCCC3)S(=O)(=O)c3ccc4c(c3)OCCO4)cc2c1. The average molecular weight is 469 g/mol. The van der Waals surface area contributed by atoms with Gasteiger partial charge in [-0.1, -0.05) is 24.5 Å². The van der Waals surface area contributed by atoms with E-state index >= 15 is 0 Å². The van der Waals surface area contributed by atoms with Crippen LogP contribution in [0.4, 0.5) is 0 Å². The van der Waals surface area contributed by atoms with Gasteiger partial charge in [-0.2, -0.15) is 4.31 Å². The molecule has 2 aliphatic rings. The largest absolute Gasteiger partial charge is 0.486 e.